The third-order valence-electron chi connectivity index (χ3n) is 10.3. The lowest BCUT2D eigenvalue weighted by Gasteiger charge is -2.45. The number of rotatable bonds is 6. The molecule has 1 N–H and O–H groups in total. The Morgan fingerprint density at radius 1 is 1.05 bits per heavy atom. The van der Waals surface area contributed by atoms with Crippen LogP contribution in [0.5, 0.6) is 0 Å². The van der Waals surface area contributed by atoms with Crippen LogP contribution in [-0.4, -0.2) is 45.4 Å². The van der Waals surface area contributed by atoms with Crippen molar-refractivity contribution in [3.05, 3.63) is 40.5 Å². The Balaban J connectivity index is 1.03. The monoisotopic (exact) mass is 565 g/mol. The summed E-state index contributed by atoms with van der Waals surface area (Å²) >= 11 is 1.33. The summed E-state index contributed by atoms with van der Waals surface area (Å²) in [6.07, 6.45) is 12.0. The minimum atomic E-state index is -1.16. The number of carboxylic acids is 1. The number of esters is 1. The van der Waals surface area contributed by atoms with Crippen molar-refractivity contribution in [3.8, 4) is 0 Å². The summed E-state index contributed by atoms with van der Waals surface area (Å²) < 4.78 is 27.3. The maximum atomic E-state index is 14.6. The highest BCUT2D eigenvalue weighted by atomic mass is 32.1. The molecule has 4 bridgehead atoms. The molecule has 2 aliphatic heterocycles. The molecule has 8 nitrogen and oxygen atoms in total. The van der Waals surface area contributed by atoms with Crippen molar-refractivity contribution in [1.82, 2.24) is 10.1 Å². The van der Waals surface area contributed by atoms with Gasteiger partial charge in [0.15, 0.2) is 16.7 Å². The number of carbonyl (C=O) groups is 2. The van der Waals surface area contributed by atoms with Crippen molar-refractivity contribution < 1.29 is 28.3 Å². The number of aromatic carboxylic acids is 1. The lowest BCUT2D eigenvalue weighted by Crippen LogP contribution is -2.46. The van der Waals surface area contributed by atoms with Crippen LogP contribution in [0.25, 0.3) is 10.2 Å². The van der Waals surface area contributed by atoms with Gasteiger partial charge >= 0.3 is 11.9 Å². The number of fused-ring (bicyclic) bond motifs is 6. The minimum absolute atomic E-state index is 0.0508. The van der Waals surface area contributed by atoms with Crippen molar-refractivity contribution >= 4 is 38.6 Å². The molecule has 0 spiro atoms. The van der Waals surface area contributed by atoms with E-state index in [2.05, 4.69) is 15.0 Å². The minimum Gasteiger partial charge on any atom is -0.478 e. The Hall–Kier alpha value is -3.01. The number of halogens is 1. The summed E-state index contributed by atoms with van der Waals surface area (Å²) in [4.78, 5) is 32.1. The fraction of sp³-hybridized carbons (Fsp3) is 0.600. The van der Waals surface area contributed by atoms with Gasteiger partial charge < -0.3 is 19.3 Å². The number of anilines is 1. The highest BCUT2D eigenvalue weighted by molar-refractivity contribution is 7.22. The summed E-state index contributed by atoms with van der Waals surface area (Å²) in [5, 5.41) is 14.6. The molecular formula is C30H32FN3O5S. The number of carboxylic acid groups (broad SMARTS) is 1. The van der Waals surface area contributed by atoms with Crippen LogP contribution in [0.3, 0.4) is 0 Å². The fourth-order valence-electron chi connectivity index (χ4n) is 8.05. The van der Waals surface area contributed by atoms with Crippen LogP contribution < -0.4 is 4.90 Å². The summed E-state index contributed by atoms with van der Waals surface area (Å²) in [7, 11) is 0. The van der Waals surface area contributed by atoms with E-state index in [4.69, 9.17) is 9.26 Å². The van der Waals surface area contributed by atoms with Crippen LogP contribution in [0.2, 0.25) is 0 Å². The van der Waals surface area contributed by atoms with Crippen molar-refractivity contribution in [2.75, 3.05) is 4.90 Å². The smallest absolute Gasteiger partial charge is 0.344 e. The molecule has 2 saturated heterocycles. The average molecular weight is 566 g/mol. The Morgan fingerprint density at radius 3 is 2.40 bits per heavy atom. The van der Waals surface area contributed by atoms with Crippen LogP contribution in [0.4, 0.5) is 9.52 Å². The topological polar surface area (TPSA) is 106 Å². The van der Waals surface area contributed by atoms with Gasteiger partial charge in [-0.1, -0.05) is 16.5 Å². The highest BCUT2D eigenvalue weighted by Crippen LogP contribution is 2.54. The van der Waals surface area contributed by atoms with Gasteiger partial charge in [-0.25, -0.2) is 19.0 Å². The quantitative estimate of drug-likeness (QED) is 0.334. The van der Waals surface area contributed by atoms with Crippen LogP contribution in [0.1, 0.15) is 115 Å². The van der Waals surface area contributed by atoms with Gasteiger partial charge in [0.05, 0.1) is 10.3 Å². The SMILES string of the molecule is O=C(O)c1cc(F)c2nc(N3[C@@H]4CC[C@H]3C[C@@H](OC(=O)c3c(C56CCC(CC5)CC6)noc3C3CC3)C4)sc2c1. The first-order valence-corrected chi connectivity index (χ1v) is 15.5. The molecule has 210 valence electrons. The van der Waals surface area contributed by atoms with Gasteiger partial charge in [-0.3, -0.25) is 0 Å². The van der Waals surface area contributed by atoms with E-state index in [0.29, 0.717) is 28.2 Å². The number of benzene rings is 1. The van der Waals surface area contributed by atoms with E-state index in [0.717, 1.165) is 68.4 Å². The number of hydrogen-bond donors (Lipinski definition) is 1. The van der Waals surface area contributed by atoms with Crippen molar-refractivity contribution in [2.24, 2.45) is 5.92 Å². The van der Waals surface area contributed by atoms with E-state index in [9.17, 15) is 19.1 Å². The summed E-state index contributed by atoms with van der Waals surface area (Å²) in [6.45, 7) is 0. The second-order valence-electron chi connectivity index (χ2n) is 12.7. The zero-order valence-electron chi connectivity index (χ0n) is 22.2. The Bertz CT molecular complexity index is 1490. The van der Waals surface area contributed by atoms with Gasteiger partial charge in [0, 0.05) is 36.3 Å². The molecule has 6 aliphatic rings. The molecule has 0 unspecified atom stereocenters. The molecule has 3 atom stereocenters. The van der Waals surface area contributed by atoms with E-state index >= 15 is 0 Å². The van der Waals surface area contributed by atoms with Gasteiger partial charge in [-0.15, -0.1) is 0 Å². The normalized spacial score (nSPS) is 31.2. The maximum absolute atomic E-state index is 14.6. The van der Waals surface area contributed by atoms with Crippen molar-refractivity contribution in [3.63, 3.8) is 0 Å². The van der Waals surface area contributed by atoms with Crippen molar-refractivity contribution in [1.29, 1.82) is 0 Å². The van der Waals surface area contributed by atoms with E-state index in [1.54, 1.807) is 0 Å². The maximum Gasteiger partial charge on any atom is 0.344 e. The van der Waals surface area contributed by atoms with Gasteiger partial charge in [-0.2, -0.15) is 0 Å². The molecule has 10 heteroatoms. The predicted molar refractivity (Wildman–Crippen MR) is 146 cm³/mol. The van der Waals surface area contributed by atoms with E-state index in [1.807, 2.05) is 0 Å². The van der Waals surface area contributed by atoms with Crippen LogP contribution in [0, 0.1) is 11.7 Å². The molecule has 2 aromatic heterocycles. The van der Waals surface area contributed by atoms with Gasteiger partial charge in [0.25, 0.3) is 0 Å². The molecule has 0 radical (unpaired) electrons. The number of nitrogens with zero attached hydrogens (tertiary/aromatic N) is 3. The molecule has 6 fully saturated rings. The second-order valence-corrected chi connectivity index (χ2v) is 13.7. The van der Waals surface area contributed by atoms with Crippen LogP contribution in [-0.2, 0) is 10.2 Å². The molecule has 4 aliphatic carbocycles. The fourth-order valence-corrected chi connectivity index (χ4v) is 9.21. The van der Waals surface area contributed by atoms with E-state index in [-0.39, 0.29) is 46.6 Å². The third-order valence-corrected chi connectivity index (χ3v) is 11.4. The zero-order valence-corrected chi connectivity index (χ0v) is 23.1. The van der Waals surface area contributed by atoms with Crippen molar-refractivity contribution in [2.45, 2.75) is 107 Å². The molecule has 1 aromatic carbocycles. The number of ether oxygens (including phenoxy) is 1. The zero-order chi connectivity index (χ0) is 27.2. The summed E-state index contributed by atoms with van der Waals surface area (Å²) in [6, 6.07) is 2.79. The number of hydrogen-bond acceptors (Lipinski definition) is 8. The van der Waals surface area contributed by atoms with Gasteiger partial charge in [0.2, 0.25) is 0 Å². The first-order chi connectivity index (χ1) is 19.4. The molecule has 4 saturated carbocycles. The predicted octanol–water partition coefficient (Wildman–Crippen LogP) is 6.58. The first-order valence-electron chi connectivity index (χ1n) is 14.7. The molecular weight excluding hydrogens is 533 g/mol. The molecule has 3 aromatic rings. The molecule has 4 heterocycles. The Morgan fingerprint density at radius 2 is 1.75 bits per heavy atom. The molecule has 0 amide bonds. The Kier molecular flexibility index (Phi) is 5.57. The number of carbonyl (C=O) groups excluding carboxylic acids is 1. The largest absolute Gasteiger partial charge is 0.478 e. The summed E-state index contributed by atoms with van der Waals surface area (Å²) in [5.74, 6) is -0.218. The molecule has 40 heavy (non-hydrogen) atoms. The van der Waals surface area contributed by atoms with Gasteiger partial charge in [0.1, 0.15) is 22.9 Å². The van der Waals surface area contributed by atoms with E-state index in [1.165, 1.54) is 36.7 Å². The van der Waals surface area contributed by atoms with E-state index < -0.39 is 11.8 Å². The first kappa shape index (κ1) is 24.8. The highest BCUT2D eigenvalue weighted by Gasteiger charge is 2.49. The lowest BCUT2D eigenvalue weighted by atomic mass is 9.59. The number of piperidine rings is 1. The number of thiazole rings is 1. The third kappa shape index (κ3) is 3.89. The number of aromatic nitrogens is 2. The van der Waals surface area contributed by atoms with Crippen LogP contribution in [0.15, 0.2) is 16.7 Å². The lowest BCUT2D eigenvalue weighted by molar-refractivity contribution is 0.0195. The molecule has 9 rings (SSSR count). The van der Waals surface area contributed by atoms with Crippen LogP contribution >= 0.6 is 11.3 Å². The summed E-state index contributed by atoms with van der Waals surface area (Å²) in [5.41, 5.74) is 1.56. The second kappa shape index (κ2) is 8.99. The Labute approximate surface area is 234 Å². The average Bonchev–Trinajstić information content (AvgIpc) is 3.43. The van der Waals surface area contributed by atoms with Gasteiger partial charge in [-0.05, 0) is 82.3 Å². The standard InChI is InChI=1S/C30H32FN3O5S/c31-21-11-17(27(35)36)12-22-24(21)32-29(40-22)34-18-3-4-19(34)14-20(13-18)38-28(37)23-25(16-1-2-16)39-33-26(23)30-8-5-15(6-9-30)7-10-30/h11-12,15-16,18-20H,1-10,13-14H2,(H,35,36)/t15?,18-,19+,20+,30?.